The lowest BCUT2D eigenvalue weighted by molar-refractivity contribution is -0.159. The number of primary amides is 1. The largest absolute Gasteiger partial charge is 0.471 e. The predicted octanol–water partition coefficient (Wildman–Crippen LogP) is 3.66. The standard InChI is InChI=1S/C16H9F4N3O2/c17-12-4-2-1-3-9(12)11-7-8(5-6-10(11)13(21)24)14-22-15(25-23-14)16(18,19)20/h1-7H,(H2,21,24). The summed E-state index contributed by atoms with van der Waals surface area (Å²) in [6, 6.07) is 9.45. The first kappa shape index (κ1) is 16.6. The molecular formula is C16H9F4N3O2. The van der Waals surface area contributed by atoms with Gasteiger partial charge in [0.2, 0.25) is 11.7 Å². The van der Waals surface area contributed by atoms with Gasteiger partial charge < -0.3 is 10.3 Å². The molecule has 0 radical (unpaired) electrons. The lowest BCUT2D eigenvalue weighted by atomic mass is 9.96. The van der Waals surface area contributed by atoms with Gasteiger partial charge in [-0.25, -0.2) is 4.39 Å². The van der Waals surface area contributed by atoms with Gasteiger partial charge in [-0.3, -0.25) is 4.79 Å². The topological polar surface area (TPSA) is 82.0 Å². The maximum atomic E-state index is 14.1. The summed E-state index contributed by atoms with van der Waals surface area (Å²) in [5, 5.41) is 3.27. The lowest BCUT2D eigenvalue weighted by Crippen LogP contribution is -2.12. The van der Waals surface area contributed by atoms with Crippen molar-refractivity contribution in [3.8, 4) is 22.5 Å². The normalized spacial score (nSPS) is 11.5. The molecule has 0 bridgehead atoms. The third kappa shape index (κ3) is 3.21. The van der Waals surface area contributed by atoms with Crippen molar-refractivity contribution in [2.45, 2.75) is 6.18 Å². The average Bonchev–Trinajstić information content (AvgIpc) is 3.05. The minimum absolute atomic E-state index is 0.00777. The number of carbonyl (C=O) groups is 1. The van der Waals surface area contributed by atoms with Crippen LogP contribution in [-0.2, 0) is 6.18 Å². The summed E-state index contributed by atoms with van der Waals surface area (Å²) in [5.74, 6) is -3.28. The molecule has 0 saturated heterocycles. The Morgan fingerprint density at radius 3 is 2.40 bits per heavy atom. The highest BCUT2D eigenvalue weighted by Gasteiger charge is 2.38. The molecule has 0 unspecified atom stereocenters. The Kier molecular flexibility index (Phi) is 3.99. The van der Waals surface area contributed by atoms with Gasteiger partial charge in [-0.2, -0.15) is 18.2 Å². The van der Waals surface area contributed by atoms with Crippen LogP contribution in [0, 0.1) is 5.82 Å². The average molecular weight is 351 g/mol. The zero-order chi connectivity index (χ0) is 18.2. The van der Waals surface area contributed by atoms with Crippen LogP contribution in [0.2, 0.25) is 0 Å². The smallest absolute Gasteiger partial charge is 0.366 e. The van der Waals surface area contributed by atoms with Gasteiger partial charge in [0, 0.05) is 16.7 Å². The van der Waals surface area contributed by atoms with Crippen LogP contribution in [0.3, 0.4) is 0 Å². The van der Waals surface area contributed by atoms with Crippen molar-refractivity contribution >= 4 is 5.91 Å². The van der Waals surface area contributed by atoms with E-state index >= 15 is 0 Å². The molecule has 0 spiro atoms. The van der Waals surface area contributed by atoms with Gasteiger partial charge in [-0.1, -0.05) is 29.4 Å². The number of hydrogen-bond donors (Lipinski definition) is 1. The summed E-state index contributed by atoms with van der Waals surface area (Å²) in [6.07, 6.45) is -4.78. The summed E-state index contributed by atoms with van der Waals surface area (Å²) < 4.78 is 56.0. The van der Waals surface area contributed by atoms with Crippen molar-refractivity contribution in [1.82, 2.24) is 10.1 Å². The van der Waals surface area contributed by atoms with Crippen molar-refractivity contribution in [1.29, 1.82) is 0 Å². The number of amides is 1. The Morgan fingerprint density at radius 2 is 1.80 bits per heavy atom. The number of carbonyl (C=O) groups excluding carboxylic acids is 1. The SMILES string of the molecule is NC(=O)c1ccc(-c2noc(C(F)(F)F)n2)cc1-c1ccccc1F. The van der Waals surface area contributed by atoms with Crippen molar-refractivity contribution in [2.24, 2.45) is 5.73 Å². The molecule has 128 valence electrons. The molecule has 3 aromatic rings. The van der Waals surface area contributed by atoms with Crippen LogP contribution in [0.1, 0.15) is 16.2 Å². The molecule has 1 aromatic heterocycles. The zero-order valence-electron chi connectivity index (χ0n) is 12.3. The maximum absolute atomic E-state index is 14.1. The van der Waals surface area contributed by atoms with Crippen LogP contribution in [0.5, 0.6) is 0 Å². The van der Waals surface area contributed by atoms with E-state index in [2.05, 4.69) is 14.7 Å². The number of nitrogens with zero attached hydrogens (tertiary/aromatic N) is 2. The Hall–Kier alpha value is -3.23. The first-order chi connectivity index (χ1) is 11.8. The molecule has 0 aliphatic carbocycles. The van der Waals surface area contributed by atoms with Crippen LogP contribution in [0.15, 0.2) is 47.0 Å². The number of alkyl halides is 3. The Morgan fingerprint density at radius 1 is 1.08 bits per heavy atom. The molecule has 1 amide bonds. The van der Waals surface area contributed by atoms with Crippen LogP contribution < -0.4 is 5.73 Å². The third-order valence-electron chi connectivity index (χ3n) is 3.38. The van der Waals surface area contributed by atoms with Crippen LogP contribution >= 0.6 is 0 Å². The van der Waals surface area contributed by atoms with E-state index in [0.29, 0.717) is 0 Å². The van der Waals surface area contributed by atoms with Crippen molar-refractivity contribution < 1.29 is 26.9 Å². The molecule has 0 atom stereocenters. The van der Waals surface area contributed by atoms with Crippen LogP contribution in [-0.4, -0.2) is 16.0 Å². The number of benzene rings is 2. The molecule has 2 N–H and O–H groups in total. The summed E-state index contributed by atoms with van der Waals surface area (Å²) in [6.45, 7) is 0. The van der Waals surface area contributed by atoms with Crippen LogP contribution in [0.25, 0.3) is 22.5 Å². The molecule has 5 nitrogen and oxygen atoms in total. The molecule has 0 saturated carbocycles. The summed E-state index contributed by atoms with van der Waals surface area (Å²) in [7, 11) is 0. The number of nitrogens with two attached hydrogens (primary N) is 1. The van der Waals surface area contributed by atoms with Gasteiger partial charge in [-0.15, -0.1) is 0 Å². The molecule has 1 heterocycles. The highest BCUT2D eigenvalue weighted by molar-refractivity contribution is 6.00. The summed E-state index contributed by atoms with van der Waals surface area (Å²) >= 11 is 0. The molecule has 0 aliphatic rings. The number of halogens is 4. The second kappa shape index (κ2) is 6.00. The lowest BCUT2D eigenvalue weighted by Gasteiger charge is -2.09. The Bertz CT molecular complexity index is 951. The van der Waals surface area contributed by atoms with E-state index < -0.39 is 23.8 Å². The first-order valence-electron chi connectivity index (χ1n) is 6.87. The quantitative estimate of drug-likeness (QED) is 0.730. The minimum Gasteiger partial charge on any atom is -0.366 e. The monoisotopic (exact) mass is 351 g/mol. The van der Waals surface area contributed by atoms with E-state index in [9.17, 15) is 22.4 Å². The molecule has 0 fully saturated rings. The number of hydrogen-bond acceptors (Lipinski definition) is 4. The molecule has 3 rings (SSSR count). The van der Waals surface area contributed by atoms with E-state index in [1.54, 1.807) is 6.07 Å². The van der Waals surface area contributed by atoms with E-state index in [1.165, 1.54) is 36.4 Å². The summed E-state index contributed by atoms with van der Waals surface area (Å²) in [5.41, 5.74) is 5.59. The highest BCUT2D eigenvalue weighted by atomic mass is 19.4. The fraction of sp³-hybridized carbons (Fsp3) is 0.0625. The van der Waals surface area contributed by atoms with Gasteiger partial charge in [-0.05, 0) is 23.8 Å². The molecule has 2 aromatic carbocycles. The van der Waals surface area contributed by atoms with Gasteiger partial charge in [0.1, 0.15) is 5.82 Å². The predicted molar refractivity (Wildman–Crippen MR) is 78.6 cm³/mol. The highest BCUT2D eigenvalue weighted by Crippen LogP contribution is 2.32. The molecular weight excluding hydrogens is 342 g/mol. The van der Waals surface area contributed by atoms with Crippen molar-refractivity contribution in [2.75, 3.05) is 0 Å². The summed E-state index contributed by atoms with van der Waals surface area (Å²) in [4.78, 5) is 14.9. The van der Waals surface area contributed by atoms with E-state index in [4.69, 9.17) is 5.73 Å². The molecule has 25 heavy (non-hydrogen) atoms. The van der Waals surface area contributed by atoms with Crippen molar-refractivity contribution in [3.63, 3.8) is 0 Å². The Balaban J connectivity index is 2.15. The molecule has 9 heteroatoms. The second-order valence-electron chi connectivity index (χ2n) is 5.03. The second-order valence-corrected chi connectivity index (χ2v) is 5.03. The third-order valence-corrected chi connectivity index (χ3v) is 3.38. The van der Waals surface area contributed by atoms with E-state index in [1.807, 2.05) is 0 Å². The van der Waals surface area contributed by atoms with Crippen molar-refractivity contribution in [3.05, 3.63) is 59.7 Å². The molecule has 0 aliphatic heterocycles. The zero-order valence-corrected chi connectivity index (χ0v) is 12.3. The van der Waals surface area contributed by atoms with E-state index in [0.717, 1.165) is 0 Å². The number of aromatic nitrogens is 2. The minimum atomic E-state index is -4.78. The number of rotatable bonds is 3. The van der Waals surface area contributed by atoms with Gasteiger partial charge in [0.05, 0.1) is 0 Å². The van der Waals surface area contributed by atoms with Gasteiger partial charge >= 0.3 is 12.1 Å². The van der Waals surface area contributed by atoms with E-state index in [-0.39, 0.29) is 28.1 Å². The Labute approximate surface area is 138 Å². The van der Waals surface area contributed by atoms with Crippen LogP contribution in [0.4, 0.5) is 17.6 Å². The first-order valence-corrected chi connectivity index (χ1v) is 6.87. The van der Waals surface area contributed by atoms with Gasteiger partial charge in [0.25, 0.3) is 0 Å². The maximum Gasteiger partial charge on any atom is 0.471 e. The fourth-order valence-corrected chi connectivity index (χ4v) is 2.26. The fourth-order valence-electron chi connectivity index (χ4n) is 2.26. The van der Waals surface area contributed by atoms with Gasteiger partial charge in [0.15, 0.2) is 0 Å².